The maximum absolute atomic E-state index is 6.06. The van der Waals surface area contributed by atoms with E-state index in [1.807, 2.05) is 18.2 Å². The maximum Gasteiger partial charge on any atom is 0.153 e. The van der Waals surface area contributed by atoms with Gasteiger partial charge in [-0.3, -0.25) is 0 Å². The highest BCUT2D eigenvalue weighted by Crippen LogP contribution is 2.28. The Morgan fingerprint density at radius 3 is 2.81 bits per heavy atom. The molecule has 0 unspecified atom stereocenters. The molecule has 0 fully saturated rings. The first-order valence-corrected chi connectivity index (χ1v) is 7.01. The SMILES string of the molecule is Cc1c(C)n(Cc2cccc(Cl)c2)c2ncnc(NN)c12. The number of anilines is 1. The van der Waals surface area contributed by atoms with Crippen molar-refractivity contribution in [3.8, 4) is 0 Å². The summed E-state index contributed by atoms with van der Waals surface area (Å²) in [6.45, 7) is 4.83. The van der Waals surface area contributed by atoms with Crippen LogP contribution in [0.4, 0.5) is 5.82 Å². The van der Waals surface area contributed by atoms with E-state index in [1.54, 1.807) is 0 Å². The highest BCUT2D eigenvalue weighted by molar-refractivity contribution is 6.30. The zero-order chi connectivity index (χ0) is 15.0. The van der Waals surface area contributed by atoms with E-state index in [0.717, 1.165) is 32.9 Å². The van der Waals surface area contributed by atoms with Gasteiger partial charge in [-0.15, -0.1) is 0 Å². The Bertz CT molecular complexity index is 809. The second kappa shape index (κ2) is 5.35. The fourth-order valence-electron chi connectivity index (χ4n) is 2.59. The predicted molar refractivity (Wildman–Crippen MR) is 85.4 cm³/mol. The van der Waals surface area contributed by atoms with Crippen molar-refractivity contribution < 1.29 is 0 Å². The molecule has 3 rings (SSSR count). The molecular formula is C15H16ClN5. The molecule has 0 atom stereocenters. The standard InChI is InChI=1S/C15H16ClN5/c1-9-10(2)21(7-11-4-3-5-12(16)6-11)15-13(9)14(20-17)18-8-19-15/h3-6,8H,7,17H2,1-2H3,(H,18,19,20). The van der Waals surface area contributed by atoms with Gasteiger partial charge in [-0.05, 0) is 37.1 Å². The van der Waals surface area contributed by atoms with E-state index in [0.29, 0.717) is 12.4 Å². The van der Waals surface area contributed by atoms with Gasteiger partial charge in [-0.1, -0.05) is 23.7 Å². The summed E-state index contributed by atoms with van der Waals surface area (Å²) < 4.78 is 2.15. The number of nitrogens with two attached hydrogens (primary N) is 1. The first kappa shape index (κ1) is 13.9. The lowest BCUT2D eigenvalue weighted by Crippen LogP contribution is -2.09. The molecule has 0 saturated carbocycles. The normalized spacial score (nSPS) is 11.0. The number of rotatable bonds is 3. The molecule has 0 spiro atoms. The minimum Gasteiger partial charge on any atom is -0.325 e. The van der Waals surface area contributed by atoms with Gasteiger partial charge in [0, 0.05) is 17.3 Å². The first-order valence-electron chi connectivity index (χ1n) is 6.63. The first-order chi connectivity index (χ1) is 10.1. The number of aromatic nitrogens is 3. The van der Waals surface area contributed by atoms with E-state index < -0.39 is 0 Å². The monoisotopic (exact) mass is 301 g/mol. The van der Waals surface area contributed by atoms with Gasteiger partial charge in [0.25, 0.3) is 0 Å². The van der Waals surface area contributed by atoms with Crippen LogP contribution in [0, 0.1) is 13.8 Å². The van der Waals surface area contributed by atoms with Crippen molar-refractivity contribution in [2.75, 3.05) is 5.43 Å². The van der Waals surface area contributed by atoms with Crippen molar-refractivity contribution >= 4 is 28.5 Å². The molecule has 3 N–H and O–H groups in total. The second-order valence-corrected chi connectivity index (χ2v) is 5.43. The van der Waals surface area contributed by atoms with Crippen molar-refractivity contribution in [1.29, 1.82) is 0 Å². The van der Waals surface area contributed by atoms with Crippen molar-refractivity contribution in [2.24, 2.45) is 5.84 Å². The average Bonchev–Trinajstić information content (AvgIpc) is 2.72. The van der Waals surface area contributed by atoms with Crippen molar-refractivity contribution in [3.05, 3.63) is 52.4 Å². The van der Waals surface area contributed by atoms with E-state index >= 15 is 0 Å². The fourth-order valence-corrected chi connectivity index (χ4v) is 2.80. The van der Waals surface area contributed by atoms with E-state index in [1.165, 1.54) is 6.33 Å². The van der Waals surface area contributed by atoms with Crippen molar-refractivity contribution in [2.45, 2.75) is 20.4 Å². The fraction of sp³-hybridized carbons (Fsp3) is 0.200. The van der Waals surface area contributed by atoms with Crippen LogP contribution in [0.15, 0.2) is 30.6 Å². The zero-order valence-electron chi connectivity index (χ0n) is 11.9. The summed E-state index contributed by atoms with van der Waals surface area (Å²) >= 11 is 6.06. The largest absolute Gasteiger partial charge is 0.325 e. The quantitative estimate of drug-likeness (QED) is 0.576. The van der Waals surface area contributed by atoms with Crippen LogP contribution in [0.1, 0.15) is 16.8 Å². The summed E-state index contributed by atoms with van der Waals surface area (Å²) in [4.78, 5) is 8.59. The Labute approximate surface area is 127 Å². The lowest BCUT2D eigenvalue weighted by molar-refractivity contribution is 0.790. The molecule has 0 aliphatic heterocycles. The number of nitrogens with zero attached hydrogens (tertiary/aromatic N) is 3. The number of nitrogen functional groups attached to an aromatic ring is 1. The minimum atomic E-state index is 0.644. The number of nitrogens with one attached hydrogen (secondary N) is 1. The number of halogens is 1. The van der Waals surface area contributed by atoms with Crippen LogP contribution in [-0.2, 0) is 6.54 Å². The van der Waals surface area contributed by atoms with Crippen molar-refractivity contribution in [1.82, 2.24) is 14.5 Å². The summed E-state index contributed by atoms with van der Waals surface area (Å²) in [6, 6.07) is 7.84. The summed E-state index contributed by atoms with van der Waals surface area (Å²) in [5.41, 5.74) is 6.90. The molecule has 21 heavy (non-hydrogen) atoms. The van der Waals surface area contributed by atoms with Crippen LogP contribution in [0.5, 0.6) is 0 Å². The third kappa shape index (κ3) is 2.34. The van der Waals surface area contributed by atoms with Crippen LogP contribution in [0.2, 0.25) is 5.02 Å². The van der Waals surface area contributed by atoms with Crippen LogP contribution >= 0.6 is 11.6 Å². The molecule has 0 bridgehead atoms. The lowest BCUT2D eigenvalue weighted by Gasteiger charge is -2.08. The molecular weight excluding hydrogens is 286 g/mol. The molecule has 108 valence electrons. The highest BCUT2D eigenvalue weighted by Gasteiger charge is 2.16. The summed E-state index contributed by atoms with van der Waals surface area (Å²) in [6.07, 6.45) is 1.52. The molecule has 0 aliphatic carbocycles. The maximum atomic E-state index is 6.06. The minimum absolute atomic E-state index is 0.644. The Morgan fingerprint density at radius 2 is 2.10 bits per heavy atom. The second-order valence-electron chi connectivity index (χ2n) is 4.99. The molecule has 2 heterocycles. The molecule has 3 aromatic rings. The molecule has 0 aliphatic rings. The summed E-state index contributed by atoms with van der Waals surface area (Å²) in [5, 5.41) is 1.69. The lowest BCUT2D eigenvalue weighted by atomic mass is 10.2. The molecule has 0 saturated heterocycles. The van der Waals surface area contributed by atoms with E-state index in [-0.39, 0.29) is 0 Å². The third-order valence-corrected chi connectivity index (χ3v) is 4.01. The van der Waals surface area contributed by atoms with Crippen LogP contribution in [0.3, 0.4) is 0 Å². The smallest absolute Gasteiger partial charge is 0.153 e. The van der Waals surface area contributed by atoms with Gasteiger partial charge in [0.1, 0.15) is 12.0 Å². The van der Waals surface area contributed by atoms with Gasteiger partial charge in [0.2, 0.25) is 0 Å². The number of hydrogen-bond acceptors (Lipinski definition) is 4. The Kier molecular flexibility index (Phi) is 3.53. The van der Waals surface area contributed by atoms with Crippen molar-refractivity contribution in [3.63, 3.8) is 0 Å². The predicted octanol–water partition coefficient (Wildman–Crippen LogP) is 3.04. The summed E-state index contributed by atoms with van der Waals surface area (Å²) in [5.74, 6) is 6.19. The Morgan fingerprint density at radius 1 is 1.29 bits per heavy atom. The van der Waals surface area contributed by atoms with Crippen LogP contribution in [-0.4, -0.2) is 14.5 Å². The van der Waals surface area contributed by atoms with Gasteiger partial charge in [0.05, 0.1) is 5.39 Å². The average molecular weight is 302 g/mol. The molecule has 1 aromatic carbocycles. The number of aryl methyl sites for hydroxylation is 1. The summed E-state index contributed by atoms with van der Waals surface area (Å²) in [7, 11) is 0. The molecule has 6 heteroatoms. The van der Waals surface area contributed by atoms with Crippen LogP contribution < -0.4 is 11.3 Å². The molecule has 2 aromatic heterocycles. The van der Waals surface area contributed by atoms with E-state index in [9.17, 15) is 0 Å². The van der Waals surface area contributed by atoms with Crippen LogP contribution in [0.25, 0.3) is 11.0 Å². The topological polar surface area (TPSA) is 68.8 Å². The molecule has 5 nitrogen and oxygen atoms in total. The highest BCUT2D eigenvalue weighted by atomic mass is 35.5. The number of benzene rings is 1. The van der Waals surface area contributed by atoms with Gasteiger partial charge in [-0.2, -0.15) is 0 Å². The zero-order valence-corrected chi connectivity index (χ0v) is 12.6. The Hall–Kier alpha value is -2.11. The van der Waals surface area contributed by atoms with Gasteiger partial charge >= 0.3 is 0 Å². The van der Waals surface area contributed by atoms with Gasteiger partial charge in [0.15, 0.2) is 5.82 Å². The number of hydrazine groups is 1. The molecule has 0 radical (unpaired) electrons. The molecule has 0 amide bonds. The van der Waals surface area contributed by atoms with E-state index in [4.69, 9.17) is 17.4 Å². The van der Waals surface area contributed by atoms with Gasteiger partial charge in [-0.25, -0.2) is 15.8 Å². The number of hydrogen-bond donors (Lipinski definition) is 2. The number of fused-ring (bicyclic) bond motifs is 1. The van der Waals surface area contributed by atoms with E-state index in [2.05, 4.69) is 39.9 Å². The third-order valence-electron chi connectivity index (χ3n) is 3.77. The van der Waals surface area contributed by atoms with Gasteiger partial charge < -0.3 is 9.99 Å². The Balaban J connectivity index is 2.17.